The molecule has 1 aliphatic carbocycles. The van der Waals surface area contributed by atoms with Gasteiger partial charge in [0.1, 0.15) is 10.6 Å². The van der Waals surface area contributed by atoms with Crippen LogP contribution in [0.1, 0.15) is 23.3 Å². The number of halogens is 2. The maximum atomic E-state index is 13.2. The van der Waals surface area contributed by atoms with Crippen molar-refractivity contribution < 1.29 is 4.74 Å². The Bertz CT molecular complexity index is 1120. The van der Waals surface area contributed by atoms with Gasteiger partial charge in [-0.15, -0.1) is 17.9 Å². The first-order valence-electron chi connectivity index (χ1n) is 9.45. The molecule has 29 heavy (non-hydrogen) atoms. The number of benzene rings is 1. The lowest BCUT2D eigenvalue weighted by Crippen LogP contribution is -2.23. The van der Waals surface area contributed by atoms with Crippen LogP contribution in [0.3, 0.4) is 0 Å². The van der Waals surface area contributed by atoms with Crippen molar-refractivity contribution in [2.45, 2.75) is 37.4 Å². The van der Waals surface area contributed by atoms with Gasteiger partial charge in [-0.25, -0.2) is 4.98 Å². The number of ether oxygens (including phenoxy) is 1. The Morgan fingerprint density at radius 3 is 2.93 bits per heavy atom. The molecule has 0 aliphatic heterocycles. The number of rotatable bonds is 7. The molecule has 2 aromatic heterocycles. The van der Waals surface area contributed by atoms with Crippen LogP contribution in [0.5, 0.6) is 5.75 Å². The Balaban J connectivity index is 1.55. The van der Waals surface area contributed by atoms with Crippen LogP contribution >= 0.6 is 46.3 Å². The second-order valence-corrected chi connectivity index (χ2v) is 9.75. The number of hydrogen-bond donors (Lipinski definition) is 0. The number of aromatic nitrogens is 2. The van der Waals surface area contributed by atoms with Gasteiger partial charge in [-0.05, 0) is 49.4 Å². The van der Waals surface area contributed by atoms with Crippen LogP contribution < -0.4 is 10.3 Å². The van der Waals surface area contributed by atoms with Gasteiger partial charge in [0.2, 0.25) is 0 Å². The van der Waals surface area contributed by atoms with E-state index in [1.807, 2.05) is 0 Å². The van der Waals surface area contributed by atoms with Crippen LogP contribution in [-0.4, -0.2) is 21.9 Å². The van der Waals surface area contributed by atoms with Crippen molar-refractivity contribution in [1.82, 2.24) is 9.55 Å². The van der Waals surface area contributed by atoms with Gasteiger partial charge < -0.3 is 4.74 Å². The fraction of sp³-hybridized carbons (Fsp3) is 0.333. The molecular weight excluding hydrogens is 447 g/mol. The summed E-state index contributed by atoms with van der Waals surface area (Å²) in [6.45, 7) is 4.68. The highest BCUT2D eigenvalue weighted by molar-refractivity contribution is 7.99. The van der Waals surface area contributed by atoms with Gasteiger partial charge in [0.05, 0.1) is 17.0 Å². The summed E-state index contributed by atoms with van der Waals surface area (Å²) in [6.07, 6.45) is 6.09. The lowest BCUT2D eigenvalue weighted by Gasteiger charge is -2.12. The zero-order valence-corrected chi connectivity index (χ0v) is 18.9. The highest BCUT2D eigenvalue weighted by Crippen LogP contribution is 2.35. The molecule has 0 bridgehead atoms. The Labute approximate surface area is 187 Å². The highest BCUT2D eigenvalue weighted by Gasteiger charge is 2.22. The van der Waals surface area contributed by atoms with Gasteiger partial charge in [-0.2, -0.15) is 0 Å². The number of aryl methyl sites for hydroxylation is 2. The number of nitrogens with zero attached hydrogens (tertiary/aromatic N) is 2. The van der Waals surface area contributed by atoms with Crippen molar-refractivity contribution in [3.63, 3.8) is 0 Å². The predicted octanol–water partition coefficient (Wildman–Crippen LogP) is 6.00. The van der Waals surface area contributed by atoms with E-state index in [1.165, 1.54) is 28.6 Å². The summed E-state index contributed by atoms with van der Waals surface area (Å²) in [4.78, 5) is 20.2. The van der Waals surface area contributed by atoms with E-state index in [1.54, 1.807) is 40.2 Å². The van der Waals surface area contributed by atoms with Gasteiger partial charge in [0.15, 0.2) is 5.16 Å². The SMILES string of the molecule is C=CCn1c(SCCOc2ccc(Cl)cc2Cl)nc2sc3c(c2c1=O)CCCC3. The lowest BCUT2D eigenvalue weighted by molar-refractivity contribution is 0.344. The van der Waals surface area contributed by atoms with Crippen LogP contribution in [0.2, 0.25) is 10.0 Å². The van der Waals surface area contributed by atoms with Crippen LogP contribution in [0.15, 0.2) is 40.8 Å². The van der Waals surface area contributed by atoms with E-state index >= 15 is 0 Å². The van der Waals surface area contributed by atoms with E-state index in [4.69, 9.17) is 32.9 Å². The Morgan fingerprint density at radius 2 is 2.14 bits per heavy atom. The minimum Gasteiger partial charge on any atom is -0.491 e. The molecular formula is C21H20Cl2N2O2S2. The van der Waals surface area contributed by atoms with Crippen LogP contribution in [0, 0.1) is 0 Å². The molecule has 0 saturated heterocycles. The number of fused-ring (bicyclic) bond motifs is 3. The molecule has 0 radical (unpaired) electrons. The molecule has 1 aromatic carbocycles. The first-order valence-corrected chi connectivity index (χ1v) is 12.0. The molecule has 0 unspecified atom stereocenters. The van der Waals surface area contributed by atoms with Crippen molar-refractivity contribution in [3.05, 3.63) is 61.7 Å². The predicted molar refractivity (Wildman–Crippen MR) is 123 cm³/mol. The minimum absolute atomic E-state index is 0.0402. The van der Waals surface area contributed by atoms with Gasteiger partial charge in [-0.1, -0.05) is 41.0 Å². The third-order valence-electron chi connectivity index (χ3n) is 4.82. The molecule has 4 rings (SSSR count). The summed E-state index contributed by atoms with van der Waals surface area (Å²) in [5.74, 6) is 1.23. The summed E-state index contributed by atoms with van der Waals surface area (Å²) in [7, 11) is 0. The van der Waals surface area contributed by atoms with Crippen LogP contribution in [0.25, 0.3) is 10.2 Å². The maximum Gasteiger partial charge on any atom is 0.263 e. The molecule has 152 valence electrons. The third-order valence-corrected chi connectivity index (χ3v) is 7.47. The van der Waals surface area contributed by atoms with Crippen molar-refractivity contribution in [1.29, 1.82) is 0 Å². The van der Waals surface area contributed by atoms with Crippen molar-refractivity contribution >= 4 is 56.5 Å². The topological polar surface area (TPSA) is 44.1 Å². The highest BCUT2D eigenvalue weighted by atomic mass is 35.5. The molecule has 0 N–H and O–H groups in total. The molecule has 4 nitrogen and oxygen atoms in total. The molecule has 0 atom stereocenters. The summed E-state index contributed by atoms with van der Waals surface area (Å²) in [5, 5.41) is 2.56. The molecule has 0 fully saturated rings. The van der Waals surface area contributed by atoms with E-state index in [0.29, 0.717) is 39.9 Å². The van der Waals surface area contributed by atoms with E-state index in [2.05, 4.69) is 6.58 Å². The monoisotopic (exact) mass is 466 g/mol. The number of thiophene rings is 1. The fourth-order valence-corrected chi connectivity index (χ4v) is 6.09. The standard InChI is InChI=1S/C21H20Cl2N2O2S2/c1-2-9-25-20(26)18-14-5-3-4-6-17(14)29-19(18)24-21(25)28-11-10-27-16-8-7-13(22)12-15(16)23/h2,7-8,12H,1,3-6,9-11H2. The maximum absolute atomic E-state index is 13.2. The van der Waals surface area contributed by atoms with Crippen molar-refractivity contribution in [2.24, 2.45) is 0 Å². The summed E-state index contributed by atoms with van der Waals surface area (Å²) >= 11 is 15.2. The van der Waals surface area contributed by atoms with E-state index in [0.717, 1.165) is 29.5 Å². The molecule has 8 heteroatoms. The van der Waals surface area contributed by atoms with Crippen LogP contribution in [-0.2, 0) is 19.4 Å². The van der Waals surface area contributed by atoms with E-state index in [-0.39, 0.29) is 5.56 Å². The number of hydrogen-bond acceptors (Lipinski definition) is 5. The average Bonchev–Trinajstić information content (AvgIpc) is 3.07. The molecule has 1 aliphatic rings. The second-order valence-electron chi connectivity index (χ2n) is 6.76. The molecule has 2 heterocycles. The molecule has 0 spiro atoms. The number of allylic oxidation sites excluding steroid dienone is 1. The zero-order valence-electron chi connectivity index (χ0n) is 15.7. The Morgan fingerprint density at radius 1 is 1.31 bits per heavy atom. The fourth-order valence-electron chi connectivity index (χ4n) is 3.50. The average molecular weight is 467 g/mol. The Kier molecular flexibility index (Phi) is 6.54. The van der Waals surface area contributed by atoms with E-state index < -0.39 is 0 Å². The summed E-state index contributed by atoms with van der Waals surface area (Å²) < 4.78 is 7.47. The normalized spacial score (nSPS) is 13.4. The van der Waals surface area contributed by atoms with Crippen molar-refractivity contribution in [2.75, 3.05) is 12.4 Å². The smallest absolute Gasteiger partial charge is 0.263 e. The third kappa shape index (κ3) is 4.36. The summed E-state index contributed by atoms with van der Waals surface area (Å²) in [5.41, 5.74) is 1.25. The number of thioether (sulfide) groups is 1. The van der Waals surface area contributed by atoms with Gasteiger partial charge in [0.25, 0.3) is 5.56 Å². The van der Waals surface area contributed by atoms with Crippen molar-refractivity contribution in [3.8, 4) is 5.75 Å². The van der Waals surface area contributed by atoms with Gasteiger partial charge in [-0.3, -0.25) is 9.36 Å². The largest absolute Gasteiger partial charge is 0.491 e. The Hall–Kier alpha value is -1.47. The second kappa shape index (κ2) is 9.13. The first kappa shape index (κ1) is 20.8. The van der Waals surface area contributed by atoms with E-state index in [9.17, 15) is 4.79 Å². The minimum atomic E-state index is 0.0402. The zero-order chi connectivity index (χ0) is 20.4. The van der Waals surface area contributed by atoms with Gasteiger partial charge >= 0.3 is 0 Å². The van der Waals surface area contributed by atoms with Gasteiger partial charge in [0, 0.05) is 22.2 Å². The first-order chi connectivity index (χ1) is 14.1. The lowest BCUT2D eigenvalue weighted by atomic mass is 9.97. The molecule has 0 saturated carbocycles. The quantitative estimate of drug-likeness (QED) is 0.185. The molecule has 3 aromatic rings. The van der Waals surface area contributed by atoms with Crippen LogP contribution in [0.4, 0.5) is 0 Å². The summed E-state index contributed by atoms with van der Waals surface area (Å²) in [6, 6.07) is 5.15. The molecule has 0 amide bonds.